The first-order valence-corrected chi connectivity index (χ1v) is 8.27. The third-order valence-electron chi connectivity index (χ3n) is 3.80. The van der Waals surface area contributed by atoms with Gasteiger partial charge in [-0.05, 0) is 35.4 Å². The molecule has 0 radical (unpaired) electrons. The molecule has 28 heavy (non-hydrogen) atoms. The fourth-order valence-electron chi connectivity index (χ4n) is 2.50. The maximum atomic E-state index is 14.6. The summed E-state index contributed by atoms with van der Waals surface area (Å²) in [6.07, 6.45) is 2.29. The highest BCUT2D eigenvalue weighted by atomic mass is 35.5. The number of nitrogens with zero attached hydrogens (tertiary/aromatic N) is 2. The number of benzene rings is 2. The van der Waals surface area contributed by atoms with E-state index in [-0.39, 0.29) is 10.7 Å². The van der Waals surface area contributed by atoms with Gasteiger partial charge in [0.1, 0.15) is 11.6 Å². The van der Waals surface area contributed by atoms with Crippen LogP contribution in [0, 0.1) is 5.82 Å². The minimum Gasteiger partial charge on any atom is -0.497 e. The van der Waals surface area contributed by atoms with Crippen LogP contribution in [0.4, 0.5) is 10.1 Å². The highest BCUT2D eigenvalue weighted by Crippen LogP contribution is 2.33. The third-order valence-corrected chi connectivity index (χ3v) is 4.10. The van der Waals surface area contributed by atoms with Crippen molar-refractivity contribution in [3.63, 3.8) is 0 Å². The summed E-state index contributed by atoms with van der Waals surface area (Å²) >= 11 is 6.15. The number of carbonyl (C=O) groups is 2. The molecule has 0 aliphatic carbocycles. The maximum Gasteiger partial charge on any atom is 0.356 e. The Balaban J connectivity index is 1.94. The Morgan fingerprint density at radius 1 is 1.11 bits per heavy atom. The number of carbonyl (C=O) groups excluding carboxylic acids is 1. The number of rotatable bonds is 5. The van der Waals surface area contributed by atoms with Gasteiger partial charge in [0.25, 0.3) is 5.91 Å². The molecule has 1 amide bonds. The molecule has 142 valence electrons. The number of methoxy groups -OCH3 is 1. The van der Waals surface area contributed by atoms with Gasteiger partial charge in [0.15, 0.2) is 11.4 Å². The molecular weight excluding hydrogens is 389 g/mol. The Hall–Kier alpha value is -3.52. The molecule has 0 fully saturated rings. The lowest BCUT2D eigenvalue weighted by atomic mass is 10.0. The standard InChI is InChI=1S/C19H13ClFN3O4/c1-28-12-4-2-3-10(7-12)11-8-13(20)15(14(21)9-11)24-18(25)16-17(19(26)27)23-6-5-22-16/h2-9H,1H3,(H,24,25)(H,26,27). The first-order chi connectivity index (χ1) is 13.4. The van der Waals surface area contributed by atoms with Crippen molar-refractivity contribution in [2.24, 2.45) is 0 Å². The van der Waals surface area contributed by atoms with Crippen molar-refractivity contribution in [2.75, 3.05) is 12.4 Å². The number of aromatic carboxylic acids is 1. The number of carboxylic acid groups (broad SMARTS) is 1. The predicted molar refractivity (Wildman–Crippen MR) is 100 cm³/mol. The summed E-state index contributed by atoms with van der Waals surface area (Å²) in [5.74, 6) is -2.58. The van der Waals surface area contributed by atoms with Crippen molar-refractivity contribution >= 4 is 29.2 Å². The van der Waals surface area contributed by atoms with Gasteiger partial charge < -0.3 is 15.2 Å². The molecule has 7 nitrogen and oxygen atoms in total. The molecule has 0 atom stereocenters. The van der Waals surface area contributed by atoms with Crippen molar-refractivity contribution in [1.82, 2.24) is 9.97 Å². The van der Waals surface area contributed by atoms with E-state index in [0.29, 0.717) is 16.9 Å². The normalized spacial score (nSPS) is 10.4. The first-order valence-electron chi connectivity index (χ1n) is 7.90. The summed E-state index contributed by atoms with van der Waals surface area (Å²) in [5, 5.41) is 11.3. The summed E-state index contributed by atoms with van der Waals surface area (Å²) < 4.78 is 19.8. The molecular formula is C19H13ClFN3O4. The van der Waals surface area contributed by atoms with Crippen LogP contribution < -0.4 is 10.1 Å². The molecule has 0 unspecified atom stereocenters. The van der Waals surface area contributed by atoms with Crippen LogP contribution in [0.25, 0.3) is 11.1 Å². The fraction of sp³-hybridized carbons (Fsp3) is 0.0526. The van der Waals surface area contributed by atoms with Crippen LogP contribution in [0.3, 0.4) is 0 Å². The molecule has 2 aromatic carbocycles. The lowest BCUT2D eigenvalue weighted by Crippen LogP contribution is -2.20. The molecule has 2 N–H and O–H groups in total. The van der Waals surface area contributed by atoms with Crippen LogP contribution >= 0.6 is 11.6 Å². The van der Waals surface area contributed by atoms with E-state index in [1.165, 1.54) is 19.2 Å². The van der Waals surface area contributed by atoms with E-state index in [4.69, 9.17) is 21.4 Å². The van der Waals surface area contributed by atoms with Crippen molar-refractivity contribution in [3.05, 3.63) is 71.0 Å². The van der Waals surface area contributed by atoms with Gasteiger partial charge in [-0.25, -0.2) is 19.2 Å². The van der Waals surface area contributed by atoms with Crippen LogP contribution in [0.5, 0.6) is 5.75 Å². The van der Waals surface area contributed by atoms with Crippen LogP contribution in [0.1, 0.15) is 21.0 Å². The Morgan fingerprint density at radius 2 is 1.82 bits per heavy atom. The van der Waals surface area contributed by atoms with Gasteiger partial charge in [-0.15, -0.1) is 0 Å². The van der Waals surface area contributed by atoms with E-state index in [2.05, 4.69) is 15.3 Å². The molecule has 0 aliphatic rings. The minimum atomic E-state index is -1.43. The number of anilines is 1. The first kappa shape index (κ1) is 19.2. The topological polar surface area (TPSA) is 101 Å². The second-order valence-electron chi connectivity index (χ2n) is 5.56. The zero-order valence-corrected chi connectivity index (χ0v) is 15.2. The van der Waals surface area contributed by atoms with Crippen molar-refractivity contribution < 1.29 is 23.8 Å². The van der Waals surface area contributed by atoms with Gasteiger partial charge in [-0.1, -0.05) is 23.7 Å². The Labute approximate surface area is 163 Å². The zero-order chi connectivity index (χ0) is 20.3. The van der Waals surface area contributed by atoms with Crippen LogP contribution in [0.2, 0.25) is 5.02 Å². The van der Waals surface area contributed by atoms with E-state index < -0.39 is 29.1 Å². The molecule has 0 saturated heterocycles. The lowest BCUT2D eigenvalue weighted by molar-refractivity contribution is 0.0685. The number of hydrogen-bond acceptors (Lipinski definition) is 5. The zero-order valence-electron chi connectivity index (χ0n) is 14.4. The average Bonchev–Trinajstić information content (AvgIpc) is 2.70. The minimum absolute atomic E-state index is 0.0630. The third kappa shape index (κ3) is 3.91. The number of nitrogens with one attached hydrogen (secondary N) is 1. The number of carboxylic acids is 1. The predicted octanol–water partition coefficient (Wildman–Crippen LogP) is 3.90. The van der Waals surface area contributed by atoms with Gasteiger partial charge in [-0.2, -0.15) is 0 Å². The SMILES string of the molecule is COc1cccc(-c2cc(F)c(NC(=O)c3nccnc3C(=O)O)c(Cl)c2)c1. The highest BCUT2D eigenvalue weighted by molar-refractivity contribution is 6.34. The van der Waals surface area contributed by atoms with Gasteiger partial charge in [-0.3, -0.25) is 4.79 Å². The van der Waals surface area contributed by atoms with Crippen LogP contribution in [0.15, 0.2) is 48.8 Å². The van der Waals surface area contributed by atoms with Crippen LogP contribution in [-0.2, 0) is 0 Å². The largest absolute Gasteiger partial charge is 0.497 e. The lowest BCUT2D eigenvalue weighted by Gasteiger charge is -2.12. The second-order valence-corrected chi connectivity index (χ2v) is 5.97. The smallest absolute Gasteiger partial charge is 0.356 e. The van der Waals surface area contributed by atoms with Crippen molar-refractivity contribution in [1.29, 1.82) is 0 Å². The summed E-state index contributed by atoms with van der Waals surface area (Å²) in [4.78, 5) is 30.8. The summed E-state index contributed by atoms with van der Waals surface area (Å²) in [7, 11) is 1.52. The Kier molecular flexibility index (Phi) is 5.51. The molecule has 9 heteroatoms. The molecule has 3 rings (SSSR count). The average molecular weight is 402 g/mol. The quantitative estimate of drug-likeness (QED) is 0.672. The summed E-state index contributed by atoms with van der Waals surface area (Å²) in [5.41, 5.74) is -0.155. The highest BCUT2D eigenvalue weighted by Gasteiger charge is 2.22. The number of amides is 1. The molecule has 3 aromatic rings. The van der Waals surface area contributed by atoms with E-state index in [1.807, 2.05) is 0 Å². The van der Waals surface area contributed by atoms with Gasteiger partial charge in [0, 0.05) is 12.4 Å². The number of halogens is 2. The number of hydrogen-bond donors (Lipinski definition) is 2. The molecule has 1 aromatic heterocycles. The van der Waals surface area contributed by atoms with E-state index in [0.717, 1.165) is 12.4 Å². The molecule has 0 saturated carbocycles. The fourth-order valence-corrected chi connectivity index (χ4v) is 2.75. The monoisotopic (exact) mass is 401 g/mol. The Bertz CT molecular complexity index is 1050. The number of ether oxygens (including phenoxy) is 1. The van der Waals surface area contributed by atoms with E-state index in [9.17, 15) is 14.0 Å². The van der Waals surface area contributed by atoms with E-state index in [1.54, 1.807) is 24.3 Å². The Morgan fingerprint density at radius 3 is 2.46 bits per heavy atom. The number of aromatic nitrogens is 2. The van der Waals surface area contributed by atoms with Gasteiger partial charge >= 0.3 is 5.97 Å². The molecule has 0 spiro atoms. The van der Waals surface area contributed by atoms with Crippen molar-refractivity contribution in [2.45, 2.75) is 0 Å². The molecule has 1 heterocycles. The van der Waals surface area contributed by atoms with Gasteiger partial charge in [0.2, 0.25) is 0 Å². The molecule has 0 bridgehead atoms. The molecule has 0 aliphatic heterocycles. The van der Waals surface area contributed by atoms with Gasteiger partial charge in [0.05, 0.1) is 17.8 Å². The van der Waals surface area contributed by atoms with E-state index >= 15 is 0 Å². The van der Waals surface area contributed by atoms with Crippen LogP contribution in [-0.4, -0.2) is 34.1 Å². The van der Waals surface area contributed by atoms with Crippen molar-refractivity contribution in [3.8, 4) is 16.9 Å². The summed E-state index contributed by atoms with van der Waals surface area (Å²) in [6, 6.07) is 9.63. The summed E-state index contributed by atoms with van der Waals surface area (Å²) in [6.45, 7) is 0. The maximum absolute atomic E-state index is 14.6. The second kappa shape index (κ2) is 8.01.